The predicted octanol–water partition coefficient (Wildman–Crippen LogP) is 4.20. The van der Waals surface area contributed by atoms with Crippen LogP contribution in [0.2, 0.25) is 0 Å². The maximum Gasteiger partial charge on any atom is 0.303 e. The number of ether oxygens (including phenoxy) is 2. The summed E-state index contributed by atoms with van der Waals surface area (Å²) in [6.45, 7) is -0.0809. The van der Waals surface area contributed by atoms with Crippen molar-refractivity contribution >= 4 is 5.97 Å². The van der Waals surface area contributed by atoms with Crippen molar-refractivity contribution in [1.82, 2.24) is 4.98 Å². The highest BCUT2D eigenvalue weighted by atomic mass is 19.1. The van der Waals surface area contributed by atoms with Crippen LogP contribution in [-0.4, -0.2) is 28.8 Å². The molecule has 1 fully saturated rings. The number of carboxylic acid groups (broad SMARTS) is 1. The maximum atomic E-state index is 14.2. The van der Waals surface area contributed by atoms with Crippen LogP contribution in [0.15, 0.2) is 30.3 Å². The first-order valence-corrected chi connectivity index (χ1v) is 8.50. The molecule has 138 valence electrons. The molecule has 0 saturated heterocycles. The van der Waals surface area contributed by atoms with Crippen molar-refractivity contribution in [3.8, 4) is 22.9 Å². The van der Waals surface area contributed by atoms with Crippen LogP contribution in [-0.2, 0) is 4.79 Å². The second-order valence-electron chi connectivity index (χ2n) is 6.15. The number of halogens is 2. The normalized spacial score (nSPS) is 13.9. The van der Waals surface area contributed by atoms with Crippen LogP contribution in [0.5, 0.6) is 11.6 Å². The van der Waals surface area contributed by atoms with Crippen LogP contribution in [0.4, 0.5) is 8.78 Å². The van der Waals surface area contributed by atoms with Gasteiger partial charge in [-0.3, -0.25) is 4.79 Å². The fourth-order valence-corrected chi connectivity index (χ4v) is 2.54. The van der Waals surface area contributed by atoms with Gasteiger partial charge in [0.15, 0.2) is 17.4 Å². The maximum absolute atomic E-state index is 14.2. The van der Waals surface area contributed by atoms with Crippen LogP contribution < -0.4 is 9.47 Å². The molecule has 1 heterocycles. The van der Waals surface area contributed by atoms with E-state index in [1.807, 2.05) is 0 Å². The minimum Gasteiger partial charge on any atom is -0.488 e. The molecule has 2 aromatic rings. The molecular formula is C19H19F2NO4. The van der Waals surface area contributed by atoms with Gasteiger partial charge in [-0.05, 0) is 43.9 Å². The predicted molar refractivity (Wildman–Crippen MR) is 90.2 cm³/mol. The van der Waals surface area contributed by atoms with Crippen LogP contribution in [0.3, 0.4) is 0 Å². The summed E-state index contributed by atoms with van der Waals surface area (Å²) in [6, 6.07) is 7.38. The molecule has 7 heteroatoms. The van der Waals surface area contributed by atoms with E-state index in [9.17, 15) is 13.6 Å². The molecule has 3 rings (SSSR count). The first-order chi connectivity index (χ1) is 12.5. The molecule has 0 aliphatic heterocycles. The SMILES string of the molecule is O=C(O)CCCOc1c(F)cc(-c2cccc(OC3CCC3)n2)cc1F. The first-order valence-electron chi connectivity index (χ1n) is 8.50. The van der Waals surface area contributed by atoms with Crippen molar-refractivity contribution in [2.45, 2.75) is 38.2 Å². The van der Waals surface area contributed by atoms with E-state index in [-0.39, 0.29) is 31.1 Å². The topological polar surface area (TPSA) is 68.7 Å². The molecule has 1 N–H and O–H groups in total. The Morgan fingerprint density at radius 2 is 1.96 bits per heavy atom. The molecule has 26 heavy (non-hydrogen) atoms. The van der Waals surface area contributed by atoms with Gasteiger partial charge in [0.2, 0.25) is 5.88 Å². The van der Waals surface area contributed by atoms with Crippen molar-refractivity contribution in [3.63, 3.8) is 0 Å². The zero-order valence-electron chi connectivity index (χ0n) is 14.1. The molecule has 0 radical (unpaired) electrons. The van der Waals surface area contributed by atoms with Gasteiger partial charge in [-0.25, -0.2) is 13.8 Å². The van der Waals surface area contributed by atoms with Crippen molar-refractivity contribution in [2.75, 3.05) is 6.61 Å². The fraction of sp³-hybridized carbons (Fsp3) is 0.368. The molecule has 0 unspecified atom stereocenters. The van der Waals surface area contributed by atoms with Gasteiger partial charge in [0.1, 0.15) is 6.10 Å². The summed E-state index contributed by atoms with van der Waals surface area (Å²) in [4.78, 5) is 14.8. The minimum absolute atomic E-state index is 0.0809. The molecule has 0 amide bonds. The number of aromatic nitrogens is 1. The zero-order valence-corrected chi connectivity index (χ0v) is 14.1. The van der Waals surface area contributed by atoms with E-state index in [0.717, 1.165) is 31.4 Å². The van der Waals surface area contributed by atoms with Crippen molar-refractivity contribution in [2.24, 2.45) is 0 Å². The third-order valence-corrected chi connectivity index (χ3v) is 4.14. The molecule has 1 saturated carbocycles. The van der Waals surface area contributed by atoms with Gasteiger partial charge in [-0.2, -0.15) is 0 Å². The number of benzene rings is 1. The zero-order chi connectivity index (χ0) is 18.5. The minimum atomic E-state index is -0.986. The van der Waals surface area contributed by atoms with E-state index in [1.54, 1.807) is 18.2 Å². The third-order valence-electron chi connectivity index (χ3n) is 4.14. The Balaban J connectivity index is 1.72. The number of carbonyl (C=O) groups is 1. The Kier molecular flexibility index (Phi) is 5.65. The van der Waals surface area contributed by atoms with Crippen molar-refractivity contribution in [1.29, 1.82) is 0 Å². The molecule has 1 aliphatic rings. The lowest BCUT2D eigenvalue weighted by Crippen LogP contribution is -2.24. The van der Waals surface area contributed by atoms with E-state index in [1.165, 1.54) is 0 Å². The summed E-state index contributed by atoms with van der Waals surface area (Å²) in [6.07, 6.45) is 3.31. The fourth-order valence-electron chi connectivity index (χ4n) is 2.54. The van der Waals surface area contributed by atoms with Crippen molar-refractivity contribution < 1.29 is 28.2 Å². The van der Waals surface area contributed by atoms with Gasteiger partial charge in [-0.1, -0.05) is 6.07 Å². The Hall–Kier alpha value is -2.70. The molecule has 1 aromatic carbocycles. The Morgan fingerprint density at radius 1 is 1.23 bits per heavy atom. The van der Waals surface area contributed by atoms with Gasteiger partial charge in [-0.15, -0.1) is 0 Å². The van der Waals surface area contributed by atoms with E-state index >= 15 is 0 Å². The second kappa shape index (κ2) is 8.12. The largest absolute Gasteiger partial charge is 0.488 e. The van der Waals surface area contributed by atoms with E-state index in [0.29, 0.717) is 11.6 Å². The summed E-state index contributed by atoms with van der Waals surface area (Å²) < 4.78 is 39.2. The van der Waals surface area contributed by atoms with Gasteiger partial charge >= 0.3 is 5.97 Å². The highest BCUT2D eigenvalue weighted by Crippen LogP contribution is 2.30. The molecule has 0 bridgehead atoms. The van der Waals surface area contributed by atoms with Gasteiger partial charge in [0.25, 0.3) is 0 Å². The molecule has 5 nitrogen and oxygen atoms in total. The number of aliphatic carboxylic acids is 1. The Bertz CT molecular complexity index is 770. The van der Waals surface area contributed by atoms with Gasteiger partial charge in [0.05, 0.1) is 12.3 Å². The molecular weight excluding hydrogens is 344 g/mol. The van der Waals surface area contributed by atoms with Crippen LogP contribution in [0, 0.1) is 11.6 Å². The standard InChI is InChI=1S/C19H19F2NO4/c20-14-10-12(11-15(21)19(14)25-9-3-8-18(23)24)16-6-2-7-17(22-16)26-13-4-1-5-13/h2,6-7,10-11,13H,1,3-5,8-9H2,(H,23,24). The van der Waals surface area contributed by atoms with Crippen molar-refractivity contribution in [3.05, 3.63) is 42.0 Å². The number of hydrogen-bond donors (Lipinski definition) is 1. The molecule has 0 spiro atoms. The highest BCUT2D eigenvalue weighted by molar-refractivity contribution is 5.66. The number of pyridine rings is 1. The van der Waals surface area contributed by atoms with E-state index in [4.69, 9.17) is 14.6 Å². The second-order valence-corrected chi connectivity index (χ2v) is 6.15. The molecule has 1 aromatic heterocycles. The van der Waals surface area contributed by atoms with Gasteiger partial charge in [0, 0.05) is 18.1 Å². The Labute approximate surface area is 149 Å². The smallest absolute Gasteiger partial charge is 0.303 e. The highest BCUT2D eigenvalue weighted by Gasteiger charge is 2.20. The number of rotatable bonds is 8. The lowest BCUT2D eigenvalue weighted by molar-refractivity contribution is -0.137. The average molecular weight is 363 g/mol. The summed E-state index contributed by atoms with van der Waals surface area (Å²) in [7, 11) is 0. The summed E-state index contributed by atoms with van der Waals surface area (Å²) in [5.74, 6) is -2.78. The lowest BCUT2D eigenvalue weighted by atomic mass is 9.96. The number of hydrogen-bond acceptors (Lipinski definition) is 4. The molecule has 1 aliphatic carbocycles. The Morgan fingerprint density at radius 3 is 2.58 bits per heavy atom. The average Bonchev–Trinajstić information content (AvgIpc) is 2.56. The number of carboxylic acids is 1. The van der Waals surface area contributed by atoms with Crippen LogP contribution in [0.1, 0.15) is 32.1 Å². The summed E-state index contributed by atoms with van der Waals surface area (Å²) in [5.41, 5.74) is 0.675. The third kappa shape index (κ3) is 4.47. The van der Waals surface area contributed by atoms with E-state index < -0.39 is 23.4 Å². The molecule has 0 atom stereocenters. The van der Waals surface area contributed by atoms with Crippen LogP contribution >= 0.6 is 0 Å². The van der Waals surface area contributed by atoms with E-state index in [2.05, 4.69) is 4.98 Å². The quantitative estimate of drug-likeness (QED) is 0.712. The summed E-state index contributed by atoms with van der Waals surface area (Å²) >= 11 is 0. The lowest BCUT2D eigenvalue weighted by Gasteiger charge is -2.25. The first kappa shape index (κ1) is 18.1. The van der Waals surface area contributed by atoms with Gasteiger partial charge < -0.3 is 14.6 Å². The number of nitrogens with zero attached hydrogens (tertiary/aromatic N) is 1. The summed E-state index contributed by atoms with van der Waals surface area (Å²) in [5, 5.41) is 8.56. The monoisotopic (exact) mass is 363 g/mol. The van der Waals surface area contributed by atoms with Crippen LogP contribution in [0.25, 0.3) is 11.3 Å².